The van der Waals surface area contributed by atoms with Crippen LogP contribution in [0.4, 0.5) is 5.69 Å². The van der Waals surface area contributed by atoms with Gasteiger partial charge in [0.15, 0.2) is 6.61 Å². The fourth-order valence-electron chi connectivity index (χ4n) is 1.93. The van der Waals surface area contributed by atoms with E-state index in [0.29, 0.717) is 17.2 Å². The van der Waals surface area contributed by atoms with Crippen molar-refractivity contribution in [1.29, 1.82) is 0 Å². The van der Waals surface area contributed by atoms with Gasteiger partial charge >= 0.3 is 0 Å². The van der Waals surface area contributed by atoms with Gasteiger partial charge in [0, 0.05) is 5.69 Å². The first-order valence-electron chi connectivity index (χ1n) is 8.15. The predicted octanol–water partition coefficient (Wildman–Crippen LogP) is 1.54. The molecule has 0 aliphatic heterocycles. The van der Waals surface area contributed by atoms with Crippen LogP contribution < -0.4 is 20.2 Å². The zero-order valence-electron chi connectivity index (χ0n) is 15.0. The summed E-state index contributed by atoms with van der Waals surface area (Å²) >= 11 is 0. The Hall–Kier alpha value is -3.39. The van der Waals surface area contributed by atoms with Crippen molar-refractivity contribution in [2.45, 2.75) is 13.0 Å². The van der Waals surface area contributed by atoms with Gasteiger partial charge < -0.3 is 19.9 Å². The number of benzene rings is 2. The number of nitrogens with one attached hydrogen (secondary N) is 2. The molecule has 0 aliphatic rings. The normalized spacial score (nSPS) is 11.7. The van der Waals surface area contributed by atoms with Crippen molar-refractivity contribution in [3.05, 3.63) is 54.1 Å². The Morgan fingerprint density at radius 1 is 1.11 bits per heavy atom. The Kier molecular flexibility index (Phi) is 7.33. The fraction of sp³-hybridized carbons (Fsp3) is 0.211. The van der Waals surface area contributed by atoms with E-state index in [1.807, 2.05) is 0 Å². The van der Waals surface area contributed by atoms with E-state index >= 15 is 0 Å². The van der Waals surface area contributed by atoms with Gasteiger partial charge in [0.1, 0.15) is 17.6 Å². The first-order valence-corrected chi connectivity index (χ1v) is 8.15. The molecular formula is C19H21N3O5. The Bertz CT molecular complexity index is 786. The van der Waals surface area contributed by atoms with Crippen LogP contribution in [0.2, 0.25) is 0 Å². The van der Waals surface area contributed by atoms with E-state index in [9.17, 15) is 9.59 Å². The lowest BCUT2D eigenvalue weighted by atomic mass is 10.2. The quantitative estimate of drug-likeness (QED) is 0.482. The van der Waals surface area contributed by atoms with E-state index in [0.717, 1.165) is 5.56 Å². The van der Waals surface area contributed by atoms with E-state index < -0.39 is 12.0 Å². The maximum atomic E-state index is 11.9. The number of anilines is 1. The molecule has 0 saturated heterocycles. The minimum absolute atomic E-state index is 0.135. The molecular weight excluding hydrogens is 350 g/mol. The molecule has 0 spiro atoms. The van der Waals surface area contributed by atoms with Gasteiger partial charge in [0.25, 0.3) is 11.8 Å². The molecule has 0 aliphatic carbocycles. The minimum atomic E-state index is -1.12. The molecule has 1 atom stereocenters. The van der Waals surface area contributed by atoms with Crippen molar-refractivity contribution >= 4 is 23.7 Å². The number of carbonyl (C=O) groups excluding carboxylic acids is 2. The van der Waals surface area contributed by atoms with E-state index in [-0.39, 0.29) is 12.5 Å². The number of hydrogen-bond donors (Lipinski definition) is 3. The second-order valence-corrected chi connectivity index (χ2v) is 5.54. The number of hydrazone groups is 1. The number of carbonyl (C=O) groups is 2. The number of ether oxygens (including phenoxy) is 2. The van der Waals surface area contributed by atoms with Crippen LogP contribution in [0.3, 0.4) is 0 Å². The van der Waals surface area contributed by atoms with Gasteiger partial charge in [-0.1, -0.05) is 0 Å². The first-order chi connectivity index (χ1) is 13.0. The molecule has 27 heavy (non-hydrogen) atoms. The molecule has 0 unspecified atom stereocenters. The van der Waals surface area contributed by atoms with Crippen LogP contribution in [0.5, 0.6) is 11.5 Å². The largest absolute Gasteiger partial charge is 0.497 e. The molecule has 2 aromatic carbocycles. The Morgan fingerprint density at radius 3 is 2.33 bits per heavy atom. The lowest BCUT2D eigenvalue weighted by Crippen LogP contribution is -2.28. The molecule has 0 fully saturated rings. The number of aliphatic hydroxyl groups is 1. The monoisotopic (exact) mass is 371 g/mol. The van der Waals surface area contributed by atoms with Crippen molar-refractivity contribution in [1.82, 2.24) is 5.43 Å². The highest BCUT2D eigenvalue weighted by Gasteiger charge is 2.06. The van der Waals surface area contributed by atoms with Crippen molar-refractivity contribution in [2.24, 2.45) is 5.10 Å². The van der Waals surface area contributed by atoms with Crippen molar-refractivity contribution < 1.29 is 24.2 Å². The Morgan fingerprint density at radius 2 is 1.74 bits per heavy atom. The summed E-state index contributed by atoms with van der Waals surface area (Å²) in [4.78, 5) is 23.1. The molecule has 0 aromatic heterocycles. The molecule has 3 N–H and O–H groups in total. The molecule has 2 aromatic rings. The van der Waals surface area contributed by atoms with Crippen LogP contribution in [-0.4, -0.2) is 43.0 Å². The van der Waals surface area contributed by atoms with Crippen LogP contribution in [0.15, 0.2) is 53.6 Å². The third-order valence-electron chi connectivity index (χ3n) is 3.39. The summed E-state index contributed by atoms with van der Waals surface area (Å²) in [5.74, 6) is 0.351. The second kappa shape index (κ2) is 9.93. The smallest absolute Gasteiger partial charge is 0.268 e. The highest BCUT2D eigenvalue weighted by atomic mass is 16.5. The van der Waals surface area contributed by atoms with Crippen LogP contribution in [0, 0.1) is 0 Å². The van der Waals surface area contributed by atoms with Gasteiger partial charge in [-0.3, -0.25) is 9.59 Å². The van der Waals surface area contributed by atoms with Crippen LogP contribution in [-0.2, 0) is 9.59 Å². The zero-order valence-corrected chi connectivity index (χ0v) is 15.0. The van der Waals surface area contributed by atoms with E-state index in [1.165, 1.54) is 13.1 Å². The standard InChI is InChI=1S/C19H21N3O5/c1-13(23)19(25)22-20-11-14-3-7-17(8-4-14)27-12-18(24)21-15-5-9-16(26-2)10-6-15/h3-11,13,23H,12H2,1-2H3,(H,21,24)(H,22,25)/b20-11-/t13-/m1/s1. The molecule has 2 rings (SSSR count). The number of hydrogen-bond acceptors (Lipinski definition) is 6. The summed E-state index contributed by atoms with van der Waals surface area (Å²) in [5, 5.41) is 15.5. The average molecular weight is 371 g/mol. The number of nitrogens with zero attached hydrogens (tertiary/aromatic N) is 1. The summed E-state index contributed by atoms with van der Waals surface area (Å²) in [6.45, 7) is 1.21. The van der Waals surface area contributed by atoms with E-state index in [2.05, 4.69) is 15.8 Å². The summed E-state index contributed by atoms with van der Waals surface area (Å²) in [6, 6.07) is 13.8. The number of amides is 2. The third-order valence-corrected chi connectivity index (χ3v) is 3.39. The molecule has 2 amide bonds. The van der Waals surface area contributed by atoms with Gasteiger partial charge in [-0.05, 0) is 61.0 Å². The van der Waals surface area contributed by atoms with Gasteiger partial charge in [-0.15, -0.1) is 0 Å². The zero-order chi connectivity index (χ0) is 19.6. The minimum Gasteiger partial charge on any atom is -0.497 e. The topological polar surface area (TPSA) is 109 Å². The van der Waals surface area contributed by atoms with Gasteiger partial charge in [0.05, 0.1) is 13.3 Å². The molecule has 142 valence electrons. The molecule has 8 heteroatoms. The number of aliphatic hydroxyl groups excluding tert-OH is 1. The second-order valence-electron chi connectivity index (χ2n) is 5.54. The lowest BCUT2D eigenvalue weighted by molar-refractivity contribution is -0.128. The van der Waals surface area contributed by atoms with Crippen molar-refractivity contribution in [3.63, 3.8) is 0 Å². The molecule has 8 nitrogen and oxygen atoms in total. The SMILES string of the molecule is COc1ccc(NC(=O)COc2ccc(/C=N\NC(=O)[C@@H](C)O)cc2)cc1. The van der Waals surface area contributed by atoms with Gasteiger partial charge in [-0.25, -0.2) is 5.43 Å². The highest BCUT2D eigenvalue weighted by molar-refractivity contribution is 5.92. The molecule has 0 bridgehead atoms. The van der Waals surface area contributed by atoms with Gasteiger partial charge in [0.2, 0.25) is 0 Å². The maximum Gasteiger partial charge on any atom is 0.268 e. The number of methoxy groups -OCH3 is 1. The lowest BCUT2D eigenvalue weighted by Gasteiger charge is -2.08. The number of rotatable bonds is 8. The van der Waals surface area contributed by atoms with Crippen LogP contribution >= 0.6 is 0 Å². The first kappa shape index (κ1) is 19.9. The fourth-order valence-corrected chi connectivity index (χ4v) is 1.93. The molecule has 0 heterocycles. The third kappa shape index (κ3) is 6.79. The summed E-state index contributed by atoms with van der Waals surface area (Å²) in [6.07, 6.45) is 0.308. The van der Waals surface area contributed by atoms with Crippen LogP contribution in [0.1, 0.15) is 12.5 Å². The van der Waals surface area contributed by atoms with Crippen LogP contribution in [0.25, 0.3) is 0 Å². The summed E-state index contributed by atoms with van der Waals surface area (Å²) in [5.41, 5.74) is 3.57. The molecule has 0 radical (unpaired) electrons. The predicted molar refractivity (Wildman–Crippen MR) is 101 cm³/mol. The van der Waals surface area contributed by atoms with E-state index in [4.69, 9.17) is 14.6 Å². The maximum absolute atomic E-state index is 11.9. The van der Waals surface area contributed by atoms with Crippen molar-refractivity contribution in [3.8, 4) is 11.5 Å². The molecule has 0 saturated carbocycles. The average Bonchev–Trinajstić information content (AvgIpc) is 2.67. The van der Waals surface area contributed by atoms with Gasteiger partial charge in [-0.2, -0.15) is 5.10 Å². The van der Waals surface area contributed by atoms with Crippen molar-refractivity contribution in [2.75, 3.05) is 19.0 Å². The summed E-state index contributed by atoms with van der Waals surface area (Å²) in [7, 11) is 1.57. The van der Waals surface area contributed by atoms with E-state index in [1.54, 1.807) is 55.6 Å². The Labute approximate surface area is 156 Å². The highest BCUT2D eigenvalue weighted by Crippen LogP contribution is 2.15. The summed E-state index contributed by atoms with van der Waals surface area (Å²) < 4.78 is 10.5. The Balaban J connectivity index is 1.79.